The zero-order valence-corrected chi connectivity index (χ0v) is 16.7. The molecule has 148 valence electrons. The molecule has 1 aliphatic heterocycles. The molecule has 0 saturated carbocycles. The standard InChI is InChI=1S/C22H28N4O2/c1-4-15-12-17(13-24-19(15)23)25-20(27)21(28)26-14-22(2,3)11-10-18(26)16-8-6-5-7-9-16/h5-9,12-13,18H,4,10-11,14H2,1-3H3,(H2,23,24)(H,25,27)/t18-/m0/s1. The van der Waals surface area contributed by atoms with E-state index in [9.17, 15) is 9.59 Å². The fourth-order valence-corrected chi connectivity index (χ4v) is 3.76. The fourth-order valence-electron chi connectivity index (χ4n) is 3.76. The first kappa shape index (κ1) is 19.9. The number of nitrogens with two attached hydrogens (primary N) is 1. The minimum absolute atomic E-state index is 0.0284. The van der Waals surface area contributed by atoms with E-state index in [1.54, 1.807) is 11.0 Å². The topological polar surface area (TPSA) is 88.3 Å². The van der Waals surface area contributed by atoms with Crippen LogP contribution in [0.3, 0.4) is 0 Å². The molecule has 1 saturated heterocycles. The van der Waals surface area contributed by atoms with E-state index in [-0.39, 0.29) is 11.5 Å². The van der Waals surface area contributed by atoms with Crippen molar-refractivity contribution >= 4 is 23.3 Å². The van der Waals surface area contributed by atoms with Crippen molar-refractivity contribution in [1.29, 1.82) is 0 Å². The van der Waals surface area contributed by atoms with E-state index in [0.717, 1.165) is 24.0 Å². The van der Waals surface area contributed by atoms with Gasteiger partial charge in [-0.1, -0.05) is 51.1 Å². The lowest BCUT2D eigenvalue weighted by atomic mass is 9.79. The monoisotopic (exact) mass is 380 g/mol. The maximum Gasteiger partial charge on any atom is 0.313 e. The molecule has 0 bridgehead atoms. The smallest absolute Gasteiger partial charge is 0.313 e. The largest absolute Gasteiger partial charge is 0.383 e. The van der Waals surface area contributed by atoms with Gasteiger partial charge in [0.15, 0.2) is 0 Å². The van der Waals surface area contributed by atoms with E-state index in [2.05, 4.69) is 24.1 Å². The van der Waals surface area contributed by atoms with Crippen molar-refractivity contribution in [3.63, 3.8) is 0 Å². The van der Waals surface area contributed by atoms with E-state index in [1.807, 2.05) is 37.3 Å². The number of carbonyl (C=O) groups is 2. The van der Waals surface area contributed by atoms with Crippen LogP contribution in [-0.4, -0.2) is 28.2 Å². The van der Waals surface area contributed by atoms with Crippen LogP contribution in [0.5, 0.6) is 0 Å². The van der Waals surface area contributed by atoms with E-state index in [4.69, 9.17) is 5.73 Å². The summed E-state index contributed by atoms with van der Waals surface area (Å²) in [6, 6.07) is 11.6. The maximum atomic E-state index is 13.1. The van der Waals surface area contributed by atoms with Crippen LogP contribution in [0, 0.1) is 5.41 Å². The SMILES string of the molecule is CCc1cc(NC(=O)C(=O)N2CC(C)(C)CC[C@H]2c2ccccc2)cnc1N. The number of pyridine rings is 1. The molecule has 0 aliphatic carbocycles. The van der Waals surface area contributed by atoms with Crippen LogP contribution in [-0.2, 0) is 16.0 Å². The van der Waals surface area contributed by atoms with E-state index >= 15 is 0 Å². The number of aromatic nitrogens is 1. The molecule has 0 spiro atoms. The zero-order valence-electron chi connectivity index (χ0n) is 16.7. The number of piperidine rings is 1. The summed E-state index contributed by atoms with van der Waals surface area (Å²) < 4.78 is 0. The minimum atomic E-state index is -0.646. The lowest BCUT2D eigenvalue weighted by Crippen LogP contribution is -2.49. The van der Waals surface area contributed by atoms with Gasteiger partial charge in [-0.2, -0.15) is 0 Å². The first-order valence-corrected chi connectivity index (χ1v) is 9.72. The van der Waals surface area contributed by atoms with Crippen LogP contribution in [0.2, 0.25) is 0 Å². The van der Waals surface area contributed by atoms with Crippen molar-refractivity contribution in [2.75, 3.05) is 17.6 Å². The van der Waals surface area contributed by atoms with Gasteiger partial charge >= 0.3 is 11.8 Å². The summed E-state index contributed by atoms with van der Waals surface area (Å²) in [5.74, 6) is -0.725. The molecule has 1 aromatic carbocycles. The predicted octanol–water partition coefficient (Wildman–Crippen LogP) is 3.55. The third-order valence-electron chi connectivity index (χ3n) is 5.35. The Labute approximate surface area is 166 Å². The number of carbonyl (C=O) groups excluding carboxylic acids is 2. The second-order valence-corrected chi connectivity index (χ2v) is 8.14. The number of nitrogens with zero attached hydrogens (tertiary/aromatic N) is 2. The first-order chi connectivity index (χ1) is 13.3. The van der Waals surface area contributed by atoms with Gasteiger partial charge in [-0.05, 0) is 41.9 Å². The van der Waals surface area contributed by atoms with Crippen molar-refractivity contribution in [2.24, 2.45) is 5.41 Å². The van der Waals surface area contributed by atoms with Crippen molar-refractivity contribution in [3.05, 3.63) is 53.7 Å². The van der Waals surface area contributed by atoms with Crippen LogP contribution in [0.4, 0.5) is 11.5 Å². The van der Waals surface area contributed by atoms with Gasteiger partial charge in [-0.25, -0.2) is 4.98 Å². The number of aryl methyl sites for hydroxylation is 1. The number of hydrogen-bond donors (Lipinski definition) is 2. The lowest BCUT2D eigenvalue weighted by Gasteiger charge is -2.43. The molecule has 1 fully saturated rings. The average molecular weight is 380 g/mol. The average Bonchev–Trinajstić information content (AvgIpc) is 2.68. The van der Waals surface area contributed by atoms with Crippen LogP contribution in [0.1, 0.15) is 50.8 Å². The molecular weight excluding hydrogens is 352 g/mol. The summed E-state index contributed by atoms with van der Waals surface area (Å²) in [6.07, 6.45) is 4.01. The van der Waals surface area contributed by atoms with Gasteiger partial charge in [0.1, 0.15) is 5.82 Å². The van der Waals surface area contributed by atoms with Crippen molar-refractivity contribution < 1.29 is 9.59 Å². The number of anilines is 2. The molecular formula is C22H28N4O2. The number of hydrogen-bond acceptors (Lipinski definition) is 4. The molecule has 2 amide bonds. The highest BCUT2D eigenvalue weighted by atomic mass is 16.2. The Balaban J connectivity index is 1.81. The summed E-state index contributed by atoms with van der Waals surface area (Å²) in [5.41, 5.74) is 8.17. The Morgan fingerprint density at radius 2 is 2.00 bits per heavy atom. The van der Waals surface area contributed by atoms with Crippen molar-refractivity contribution in [3.8, 4) is 0 Å². The Morgan fingerprint density at radius 1 is 1.29 bits per heavy atom. The second kappa shape index (κ2) is 8.00. The Morgan fingerprint density at radius 3 is 2.68 bits per heavy atom. The zero-order chi connectivity index (χ0) is 20.3. The summed E-state index contributed by atoms with van der Waals surface area (Å²) in [6.45, 7) is 6.76. The molecule has 3 N–H and O–H groups in total. The van der Waals surface area contributed by atoms with Crippen LogP contribution >= 0.6 is 0 Å². The molecule has 2 heterocycles. The lowest BCUT2D eigenvalue weighted by molar-refractivity contribution is -0.147. The van der Waals surface area contributed by atoms with Gasteiger partial charge in [0, 0.05) is 6.54 Å². The van der Waals surface area contributed by atoms with Gasteiger partial charge in [0.05, 0.1) is 17.9 Å². The fraction of sp³-hybridized carbons (Fsp3) is 0.409. The van der Waals surface area contributed by atoms with Gasteiger partial charge in [0.2, 0.25) is 0 Å². The summed E-state index contributed by atoms with van der Waals surface area (Å²) in [7, 11) is 0. The highest BCUT2D eigenvalue weighted by Crippen LogP contribution is 2.39. The molecule has 6 nitrogen and oxygen atoms in total. The number of rotatable bonds is 3. The van der Waals surface area contributed by atoms with E-state index < -0.39 is 11.8 Å². The number of nitrogen functional groups attached to an aromatic ring is 1. The third kappa shape index (κ3) is 4.32. The van der Waals surface area contributed by atoms with Gasteiger partial charge < -0.3 is 16.0 Å². The minimum Gasteiger partial charge on any atom is -0.383 e. The third-order valence-corrected chi connectivity index (χ3v) is 5.35. The van der Waals surface area contributed by atoms with Crippen LogP contribution in [0.15, 0.2) is 42.6 Å². The van der Waals surface area contributed by atoms with Gasteiger partial charge in [0.25, 0.3) is 0 Å². The first-order valence-electron chi connectivity index (χ1n) is 9.72. The summed E-state index contributed by atoms with van der Waals surface area (Å²) >= 11 is 0. The molecule has 2 aromatic rings. The number of nitrogens with one attached hydrogen (secondary N) is 1. The highest BCUT2D eigenvalue weighted by Gasteiger charge is 2.38. The number of likely N-dealkylation sites (tertiary alicyclic amines) is 1. The summed E-state index contributed by atoms with van der Waals surface area (Å²) in [4.78, 5) is 31.6. The number of amides is 2. The van der Waals surface area contributed by atoms with E-state index in [1.165, 1.54) is 6.20 Å². The highest BCUT2D eigenvalue weighted by molar-refractivity contribution is 6.39. The molecule has 6 heteroatoms. The van der Waals surface area contributed by atoms with Crippen molar-refractivity contribution in [1.82, 2.24) is 9.88 Å². The second-order valence-electron chi connectivity index (χ2n) is 8.14. The molecule has 3 rings (SSSR count). The Bertz CT molecular complexity index is 864. The summed E-state index contributed by atoms with van der Waals surface area (Å²) in [5, 5.41) is 2.69. The molecule has 0 radical (unpaired) electrons. The molecule has 1 aliphatic rings. The van der Waals surface area contributed by atoms with Gasteiger partial charge in [-0.15, -0.1) is 0 Å². The van der Waals surface area contributed by atoms with Gasteiger partial charge in [-0.3, -0.25) is 9.59 Å². The number of benzene rings is 1. The molecule has 28 heavy (non-hydrogen) atoms. The van der Waals surface area contributed by atoms with Crippen LogP contribution < -0.4 is 11.1 Å². The Kier molecular flexibility index (Phi) is 5.68. The molecule has 0 unspecified atom stereocenters. The van der Waals surface area contributed by atoms with Crippen molar-refractivity contribution in [2.45, 2.75) is 46.1 Å². The quantitative estimate of drug-likeness (QED) is 0.797. The predicted molar refractivity (Wildman–Crippen MR) is 111 cm³/mol. The normalized spacial score (nSPS) is 18.5. The maximum absolute atomic E-state index is 13.1. The van der Waals surface area contributed by atoms with E-state index in [0.29, 0.717) is 24.5 Å². The van der Waals surface area contributed by atoms with Crippen LogP contribution in [0.25, 0.3) is 0 Å². The Hall–Kier alpha value is -2.89. The molecule has 1 aromatic heterocycles. The molecule has 1 atom stereocenters.